The van der Waals surface area contributed by atoms with Gasteiger partial charge in [0, 0.05) is 10.4 Å². The lowest BCUT2D eigenvalue weighted by atomic mass is 9.94. The van der Waals surface area contributed by atoms with Gasteiger partial charge in [-0.2, -0.15) is 0 Å². The molecule has 0 saturated heterocycles. The molecule has 0 radical (unpaired) electrons. The fraction of sp³-hybridized carbons (Fsp3) is 0.250. The molecule has 1 atom stereocenters. The zero-order valence-corrected chi connectivity index (χ0v) is 15.5. The summed E-state index contributed by atoms with van der Waals surface area (Å²) in [6.45, 7) is 0. The van der Waals surface area contributed by atoms with E-state index in [1.807, 2.05) is 36.4 Å². The van der Waals surface area contributed by atoms with E-state index in [2.05, 4.69) is 10.6 Å². The molecule has 2 aliphatic rings. The number of benzene rings is 1. The highest BCUT2D eigenvalue weighted by Gasteiger charge is 2.33. The molecule has 3 aromatic rings. The van der Waals surface area contributed by atoms with E-state index in [0.29, 0.717) is 16.5 Å². The number of hydrogen-bond donors (Lipinski definition) is 2. The number of aryl methyl sites for hydroxylation is 1. The van der Waals surface area contributed by atoms with Crippen LogP contribution in [-0.2, 0) is 12.8 Å². The molecule has 2 N–H and O–H groups in total. The van der Waals surface area contributed by atoms with Crippen LogP contribution in [0.2, 0.25) is 5.02 Å². The molecule has 0 saturated carbocycles. The second-order valence-electron chi connectivity index (χ2n) is 6.65. The number of amides is 1. The summed E-state index contributed by atoms with van der Waals surface area (Å²) in [5.41, 5.74) is 2.91. The van der Waals surface area contributed by atoms with Crippen molar-refractivity contribution in [3.63, 3.8) is 0 Å². The molecule has 132 valence electrons. The molecule has 26 heavy (non-hydrogen) atoms. The molecule has 1 unspecified atom stereocenters. The maximum Gasteiger partial charge on any atom is 0.256 e. The molecule has 3 heterocycles. The molecule has 0 bridgehead atoms. The van der Waals surface area contributed by atoms with Crippen LogP contribution in [0.5, 0.6) is 0 Å². The Morgan fingerprint density at radius 3 is 2.81 bits per heavy atom. The molecule has 1 amide bonds. The highest BCUT2D eigenvalue weighted by molar-refractivity contribution is 7.16. The summed E-state index contributed by atoms with van der Waals surface area (Å²) in [5.74, 6) is 1.35. The van der Waals surface area contributed by atoms with Crippen molar-refractivity contribution in [2.24, 2.45) is 0 Å². The zero-order valence-electron chi connectivity index (χ0n) is 14.0. The monoisotopic (exact) mass is 384 g/mol. The third-order valence-corrected chi connectivity index (χ3v) is 6.55. The SMILES string of the molecule is O=C1NC(c2ccc(-c3ccccc3Cl)o2)Nc2sc3c(c21)CCCC3. The van der Waals surface area contributed by atoms with Gasteiger partial charge in [-0.1, -0.05) is 23.7 Å². The largest absolute Gasteiger partial charge is 0.457 e. The van der Waals surface area contributed by atoms with E-state index in [4.69, 9.17) is 16.0 Å². The van der Waals surface area contributed by atoms with Crippen LogP contribution in [0.1, 0.15) is 45.6 Å². The third-order valence-electron chi connectivity index (χ3n) is 5.00. The Bertz CT molecular complexity index is 1010. The number of anilines is 1. The number of thiophene rings is 1. The Labute approximate surface area is 160 Å². The maximum atomic E-state index is 12.7. The number of furan rings is 1. The summed E-state index contributed by atoms with van der Waals surface area (Å²) in [4.78, 5) is 14.1. The van der Waals surface area contributed by atoms with Gasteiger partial charge >= 0.3 is 0 Å². The van der Waals surface area contributed by atoms with Crippen molar-refractivity contribution in [3.05, 3.63) is 63.2 Å². The lowest BCUT2D eigenvalue weighted by Crippen LogP contribution is -2.38. The van der Waals surface area contributed by atoms with Crippen molar-refractivity contribution in [1.82, 2.24) is 5.32 Å². The molecule has 0 fully saturated rings. The second kappa shape index (κ2) is 6.18. The topological polar surface area (TPSA) is 54.3 Å². The Balaban J connectivity index is 1.47. The Kier molecular flexibility index (Phi) is 3.80. The summed E-state index contributed by atoms with van der Waals surface area (Å²) in [5, 5.41) is 8.08. The minimum Gasteiger partial charge on any atom is -0.457 e. The van der Waals surface area contributed by atoms with Gasteiger partial charge in [0.2, 0.25) is 0 Å². The van der Waals surface area contributed by atoms with Gasteiger partial charge in [0.1, 0.15) is 16.5 Å². The highest BCUT2D eigenvalue weighted by atomic mass is 35.5. The second-order valence-corrected chi connectivity index (χ2v) is 8.16. The van der Waals surface area contributed by atoms with Crippen LogP contribution in [0, 0.1) is 0 Å². The van der Waals surface area contributed by atoms with Crippen LogP contribution in [0.4, 0.5) is 5.00 Å². The molecule has 4 nitrogen and oxygen atoms in total. The fourth-order valence-corrected chi connectivity index (χ4v) is 5.28. The first-order chi connectivity index (χ1) is 12.7. The minimum atomic E-state index is -0.369. The van der Waals surface area contributed by atoms with Crippen molar-refractivity contribution in [2.45, 2.75) is 31.8 Å². The predicted molar refractivity (Wildman–Crippen MR) is 104 cm³/mol. The first-order valence-corrected chi connectivity index (χ1v) is 9.97. The van der Waals surface area contributed by atoms with Gasteiger partial charge in [-0.05, 0) is 55.5 Å². The number of carbonyl (C=O) groups excluding carboxylic acids is 1. The quantitative estimate of drug-likeness (QED) is 0.622. The average Bonchev–Trinajstić information content (AvgIpc) is 3.26. The van der Waals surface area contributed by atoms with E-state index in [0.717, 1.165) is 35.4 Å². The summed E-state index contributed by atoms with van der Waals surface area (Å²) in [6, 6.07) is 11.3. The van der Waals surface area contributed by atoms with Crippen molar-refractivity contribution in [3.8, 4) is 11.3 Å². The Hall–Kier alpha value is -2.24. The molecule has 6 heteroatoms. The van der Waals surface area contributed by atoms with Gasteiger partial charge in [0.25, 0.3) is 5.91 Å². The smallest absolute Gasteiger partial charge is 0.256 e. The van der Waals surface area contributed by atoms with Gasteiger partial charge < -0.3 is 15.1 Å². The number of halogens is 1. The van der Waals surface area contributed by atoms with Crippen LogP contribution in [0.25, 0.3) is 11.3 Å². The minimum absolute atomic E-state index is 0.0150. The Morgan fingerprint density at radius 1 is 1.08 bits per heavy atom. The van der Waals surface area contributed by atoms with Gasteiger partial charge in [-0.25, -0.2) is 0 Å². The number of hydrogen-bond acceptors (Lipinski definition) is 4. The summed E-state index contributed by atoms with van der Waals surface area (Å²) in [6.07, 6.45) is 4.07. The van der Waals surface area contributed by atoms with Crippen molar-refractivity contribution >= 4 is 33.8 Å². The van der Waals surface area contributed by atoms with E-state index in [1.54, 1.807) is 11.3 Å². The number of carbonyl (C=O) groups is 1. The lowest BCUT2D eigenvalue weighted by Gasteiger charge is -2.25. The van der Waals surface area contributed by atoms with Gasteiger partial charge in [0.15, 0.2) is 6.17 Å². The van der Waals surface area contributed by atoms with Crippen LogP contribution in [0.3, 0.4) is 0 Å². The average molecular weight is 385 g/mol. The standard InChI is InChI=1S/C20H17ClN2O2S/c21-13-7-3-1-5-11(13)14-9-10-15(25-14)18-22-19(24)17-12-6-2-4-8-16(12)26-20(17)23-18/h1,3,5,7,9-10,18,23H,2,4,6,8H2,(H,22,24). The van der Waals surface area contributed by atoms with E-state index < -0.39 is 0 Å². The number of rotatable bonds is 2. The molecule has 1 aromatic carbocycles. The molecule has 1 aliphatic carbocycles. The van der Waals surface area contributed by atoms with E-state index in [1.165, 1.54) is 16.9 Å². The maximum absolute atomic E-state index is 12.7. The third kappa shape index (κ3) is 2.54. The van der Waals surface area contributed by atoms with Crippen LogP contribution in [-0.4, -0.2) is 5.91 Å². The molecule has 0 spiro atoms. The van der Waals surface area contributed by atoms with E-state index in [-0.39, 0.29) is 12.1 Å². The number of fused-ring (bicyclic) bond motifs is 3. The van der Waals surface area contributed by atoms with E-state index in [9.17, 15) is 4.79 Å². The predicted octanol–water partition coefficient (Wildman–Crippen LogP) is 5.39. The zero-order chi connectivity index (χ0) is 17.7. The molecular weight excluding hydrogens is 368 g/mol. The highest BCUT2D eigenvalue weighted by Crippen LogP contribution is 2.42. The van der Waals surface area contributed by atoms with Crippen LogP contribution in [0.15, 0.2) is 40.8 Å². The summed E-state index contributed by atoms with van der Waals surface area (Å²) in [7, 11) is 0. The van der Waals surface area contributed by atoms with Crippen LogP contribution < -0.4 is 10.6 Å². The van der Waals surface area contributed by atoms with Gasteiger partial charge in [-0.3, -0.25) is 4.79 Å². The fourth-order valence-electron chi connectivity index (χ4n) is 3.73. The van der Waals surface area contributed by atoms with E-state index >= 15 is 0 Å². The summed E-state index contributed by atoms with van der Waals surface area (Å²) < 4.78 is 6.00. The Morgan fingerprint density at radius 2 is 1.92 bits per heavy atom. The molecular formula is C20H17ClN2O2S. The van der Waals surface area contributed by atoms with Gasteiger partial charge in [0.05, 0.1) is 10.6 Å². The first kappa shape index (κ1) is 16.0. The summed E-state index contributed by atoms with van der Waals surface area (Å²) >= 11 is 7.97. The number of nitrogens with one attached hydrogen (secondary N) is 2. The van der Waals surface area contributed by atoms with Crippen LogP contribution >= 0.6 is 22.9 Å². The lowest BCUT2D eigenvalue weighted by molar-refractivity contribution is 0.0930. The molecule has 2 aromatic heterocycles. The normalized spacial score (nSPS) is 18.7. The van der Waals surface area contributed by atoms with Gasteiger partial charge in [-0.15, -0.1) is 11.3 Å². The van der Waals surface area contributed by atoms with Crippen molar-refractivity contribution in [2.75, 3.05) is 5.32 Å². The first-order valence-electron chi connectivity index (χ1n) is 8.77. The van der Waals surface area contributed by atoms with Crippen molar-refractivity contribution in [1.29, 1.82) is 0 Å². The molecule has 1 aliphatic heterocycles. The van der Waals surface area contributed by atoms with Crippen molar-refractivity contribution < 1.29 is 9.21 Å². The molecule has 5 rings (SSSR count).